The number of thiazole rings is 1. The SMILES string of the molecule is CNSC.Cc1sc(N(Cc2cccc3cnccc23)c2ccc(C#N)cc2)nc1C=O. The highest BCUT2D eigenvalue weighted by Crippen LogP contribution is 2.34. The molecule has 0 unspecified atom stereocenters. The third-order valence-corrected chi connectivity index (χ3v) is 6.19. The molecule has 2 aromatic carbocycles. The summed E-state index contributed by atoms with van der Waals surface area (Å²) in [5.41, 5.74) is 3.10. The van der Waals surface area contributed by atoms with E-state index in [4.69, 9.17) is 5.26 Å². The molecule has 8 heteroatoms. The first-order chi connectivity index (χ1) is 15.6. The summed E-state index contributed by atoms with van der Waals surface area (Å²) in [5.74, 6) is 0. The standard InChI is InChI=1S/C22H16N4OS.C2H7NS/c1-15-21(14-27)25-22(28-15)26(19-7-5-16(11-23)6-8-19)13-18-4-2-3-17-12-24-10-9-20(17)18;1-3-4-2/h2-10,12,14H,13H2,1H3;3H,1-2H3. The molecule has 0 spiro atoms. The van der Waals surface area contributed by atoms with Gasteiger partial charge in [0.05, 0.1) is 18.2 Å². The van der Waals surface area contributed by atoms with E-state index in [9.17, 15) is 4.79 Å². The van der Waals surface area contributed by atoms with Gasteiger partial charge in [-0.1, -0.05) is 30.1 Å². The summed E-state index contributed by atoms with van der Waals surface area (Å²) in [7, 11) is 1.89. The Morgan fingerprint density at radius 3 is 2.59 bits per heavy atom. The average molecular weight is 462 g/mol. The van der Waals surface area contributed by atoms with Crippen molar-refractivity contribution in [3.63, 3.8) is 0 Å². The molecular weight excluding hydrogens is 438 g/mol. The van der Waals surface area contributed by atoms with Crippen molar-refractivity contribution in [3.05, 3.63) is 82.6 Å². The van der Waals surface area contributed by atoms with Crippen molar-refractivity contribution in [2.45, 2.75) is 13.5 Å². The average Bonchev–Trinajstić information content (AvgIpc) is 3.23. The number of pyridine rings is 1. The number of aldehydes is 1. The van der Waals surface area contributed by atoms with Crippen LogP contribution in [0.2, 0.25) is 0 Å². The fraction of sp³-hybridized carbons (Fsp3) is 0.167. The van der Waals surface area contributed by atoms with E-state index in [2.05, 4.69) is 31.7 Å². The minimum absolute atomic E-state index is 0.459. The number of hydrogen-bond donors (Lipinski definition) is 1. The molecule has 0 saturated heterocycles. The lowest BCUT2D eigenvalue weighted by Gasteiger charge is -2.23. The van der Waals surface area contributed by atoms with E-state index in [0.29, 0.717) is 17.8 Å². The van der Waals surface area contributed by atoms with Crippen molar-refractivity contribution in [1.82, 2.24) is 14.7 Å². The zero-order valence-electron chi connectivity index (χ0n) is 18.1. The smallest absolute Gasteiger partial charge is 0.191 e. The second-order valence-corrected chi connectivity index (χ2v) is 8.72. The van der Waals surface area contributed by atoms with Crippen molar-refractivity contribution >= 4 is 51.2 Å². The van der Waals surface area contributed by atoms with Crippen LogP contribution in [0.3, 0.4) is 0 Å². The number of carbonyl (C=O) groups excluding carboxylic acids is 1. The van der Waals surface area contributed by atoms with Crippen molar-refractivity contribution in [2.24, 2.45) is 0 Å². The van der Waals surface area contributed by atoms with Gasteiger partial charge in [0.1, 0.15) is 5.69 Å². The van der Waals surface area contributed by atoms with Crippen LogP contribution in [0, 0.1) is 18.3 Å². The Hall–Kier alpha value is -3.25. The number of anilines is 2. The maximum atomic E-state index is 11.3. The first-order valence-electron chi connectivity index (χ1n) is 9.83. The summed E-state index contributed by atoms with van der Waals surface area (Å²) in [6.45, 7) is 2.48. The van der Waals surface area contributed by atoms with E-state index in [1.54, 1.807) is 30.3 Å². The predicted octanol–water partition coefficient (Wildman–Crippen LogP) is 5.51. The van der Waals surface area contributed by atoms with E-state index >= 15 is 0 Å². The van der Waals surface area contributed by atoms with Crippen molar-refractivity contribution in [3.8, 4) is 6.07 Å². The molecule has 6 nitrogen and oxygen atoms in total. The summed E-state index contributed by atoms with van der Waals surface area (Å²) >= 11 is 3.09. The monoisotopic (exact) mass is 461 g/mol. The van der Waals surface area contributed by atoms with E-state index < -0.39 is 0 Å². The van der Waals surface area contributed by atoms with Gasteiger partial charge in [-0.05, 0) is 61.5 Å². The topological polar surface area (TPSA) is 81.9 Å². The molecule has 4 aromatic rings. The Morgan fingerprint density at radius 1 is 1.22 bits per heavy atom. The van der Waals surface area contributed by atoms with Gasteiger partial charge in [0.25, 0.3) is 0 Å². The minimum atomic E-state index is 0.459. The van der Waals surface area contributed by atoms with Gasteiger partial charge < -0.3 is 4.90 Å². The number of benzene rings is 2. The highest BCUT2D eigenvalue weighted by Gasteiger charge is 2.17. The molecule has 0 aliphatic rings. The number of carbonyl (C=O) groups is 1. The van der Waals surface area contributed by atoms with Crippen LogP contribution < -0.4 is 9.62 Å². The minimum Gasteiger partial charge on any atom is -0.313 e. The van der Waals surface area contributed by atoms with Gasteiger partial charge in [0.2, 0.25) is 0 Å². The summed E-state index contributed by atoms with van der Waals surface area (Å²) in [4.78, 5) is 23.0. The zero-order chi connectivity index (χ0) is 22.9. The summed E-state index contributed by atoms with van der Waals surface area (Å²) in [6, 6.07) is 17.7. The van der Waals surface area contributed by atoms with E-state index in [1.807, 2.05) is 56.8 Å². The Labute approximate surface area is 196 Å². The van der Waals surface area contributed by atoms with Crippen LogP contribution in [0.1, 0.15) is 26.5 Å². The fourth-order valence-corrected chi connectivity index (χ4v) is 4.00. The fourth-order valence-electron chi connectivity index (χ4n) is 3.10. The first-order valence-corrected chi connectivity index (χ1v) is 11.9. The molecule has 0 bridgehead atoms. The number of nitriles is 1. The summed E-state index contributed by atoms with van der Waals surface area (Å²) in [5, 5.41) is 12.0. The third kappa shape index (κ3) is 5.51. The molecule has 0 aliphatic carbocycles. The van der Waals surface area contributed by atoms with Gasteiger partial charge in [-0.15, -0.1) is 11.3 Å². The number of rotatable bonds is 6. The largest absolute Gasteiger partial charge is 0.313 e. The molecule has 32 heavy (non-hydrogen) atoms. The number of aryl methyl sites for hydroxylation is 1. The van der Waals surface area contributed by atoms with Crippen molar-refractivity contribution < 1.29 is 4.79 Å². The molecule has 0 amide bonds. The quantitative estimate of drug-likeness (QED) is 0.300. The number of nitrogens with zero attached hydrogens (tertiary/aromatic N) is 4. The van der Waals surface area contributed by atoms with Gasteiger partial charge in [0, 0.05) is 28.3 Å². The third-order valence-electron chi connectivity index (χ3n) is 4.78. The predicted molar refractivity (Wildman–Crippen MR) is 134 cm³/mol. The second kappa shape index (κ2) is 11.4. The van der Waals surface area contributed by atoms with Crippen LogP contribution in [0.5, 0.6) is 0 Å². The van der Waals surface area contributed by atoms with Gasteiger partial charge in [-0.2, -0.15) is 5.26 Å². The number of hydrogen-bond acceptors (Lipinski definition) is 8. The molecule has 162 valence electrons. The van der Waals surface area contributed by atoms with Crippen LogP contribution in [-0.2, 0) is 6.54 Å². The highest BCUT2D eigenvalue weighted by molar-refractivity contribution is 7.96. The summed E-state index contributed by atoms with van der Waals surface area (Å²) < 4.78 is 2.85. The Balaban J connectivity index is 0.000000668. The van der Waals surface area contributed by atoms with Crippen LogP contribution in [-0.4, -0.2) is 29.6 Å². The lowest BCUT2D eigenvalue weighted by molar-refractivity contribution is 0.111. The second-order valence-electron chi connectivity index (χ2n) is 6.72. The van der Waals surface area contributed by atoms with Crippen LogP contribution in [0.4, 0.5) is 10.8 Å². The lowest BCUT2D eigenvalue weighted by atomic mass is 10.1. The van der Waals surface area contributed by atoms with Crippen LogP contribution in [0.25, 0.3) is 10.8 Å². The molecule has 0 fully saturated rings. The Bertz CT molecular complexity index is 1220. The molecule has 4 rings (SSSR count). The van der Waals surface area contributed by atoms with Crippen molar-refractivity contribution in [1.29, 1.82) is 5.26 Å². The van der Waals surface area contributed by atoms with E-state index in [0.717, 1.165) is 38.3 Å². The van der Waals surface area contributed by atoms with Crippen LogP contribution >= 0.6 is 23.3 Å². The van der Waals surface area contributed by atoms with Crippen LogP contribution in [0.15, 0.2) is 60.9 Å². The molecule has 0 aliphatic heterocycles. The van der Waals surface area contributed by atoms with Gasteiger partial charge in [-0.3, -0.25) is 14.5 Å². The van der Waals surface area contributed by atoms with Crippen molar-refractivity contribution in [2.75, 3.05) is 18.2 Å². The van der Waals surface area contributed by atoms with Gasteiger partial charge in [-0.25, -0.2) is 4.98 Å². The summed E-state index contributed by atoms with van der Waals surface area (Å²) in [6.07, 6.45) is 6.41. The van der Waals surface area contributed by atoms with E-state index in [1.165, 1.54) is 11.3 Å². The maximum absolute atomic E-state index is 11.3. The Kier molecular flexibility index (Phi) is 8.34. The molecule has 0 atom stereocenters. The zero-order valence-corrected chi connectivity index (χ0v) is 19.7. The molecular formula is C24H23N5OS2. The Morgan fingerprint density at radius 2 is 1.97 bits per heavy atom. The van der Waals surface area contributed by atoms with E-state index in [-0.39, 0.29) is 0 Å². The number of fused-ring (bicyclic) bond motifs is 1. The van der Waals surface area contributed by atoms with Gasteiger partial charge >= 0.3 is 0 Å². The lowest BCUT2D eigenvalue weighted by Crippen LogP contribution is -2.16. The van der Waals surface area contributed by atoms with Gasteiger partial charge in [0.15, 0.2) is 11.4 Å². The highest BCUT2D eigenvalue weighted by atomic mass is 32.2. The molecule has 1 N–H and O–H groups in total. The number of nitrogens with one attached hydrogen (secondary N) is 1. The normalized spacial score (nSPS) is 10.2. The molecule has 2 aromatic heterocycles. The number of aromatic nitrogens is 2. The first kappa shape index (κ1) is 23.4. The molecule has 0 radical (unpaired) electrons. The molecule has 2 heterocycles. The molecule has 0 saturated carbocycles. The maximum Gasteiger partial charge on any atom is 0.191 e.